The van der Waals surface area contributed by atoms with Crippen LogP contribution in [-0.4, -0.2) is 24.8 Å². The van der Waals surface area contributed by atoms with Gasteiger partial charge in [0.05, 0.1) is 5.60 Å². The smallest absolute Gasteiger partial charge is 0.0634 e. The molecule has 78 valence electrons. The molecule has 1 rings (SSSR count). The molecular formula is C11H23NO. The van der Waals surface area contributed by atoms with Gasteiger partial charge in [0, 0.05) is 12.6 Å². The van der Waals surface area contributed by atoms with Gasteiger partial charge in [0.1, 0.15) is 0 Å². The molecular weight excluding hydrogens is 162 g/mol. The third-order valence-corrected chi connectivity index (χ3v) is 3.29. The highest BCUT2D eigenvalue weighted by atomic mass is 16.5. The van der Waals surface area contributed by atoms with Gasteiger partial charge in [-0.2, -0.15) is 0 Å². The molecule has 0 aromatic rings. The molecule has 0 spiro atoms. The molecule has 13 heavy (non-hydrogen) atoms. The van der Waals surface area contributed by atoms with Crippen molar-refractivity contribution in [1.29, 1.82) is 0 Å². The van der Waals surface area contributed by atoms with Crippen LogP contribution in [-0.2, 0) is 4.74 Å². The van der Waals surface area contributed by atoms with E-state index in [1.807, 2.05) is 0 Å². The summed E-state index contributed by atoms with van der Waals surface area (Å²) in [6.07, 6.45) is 5.14. The molecule has 0 aromatic carbocycles. The highest BCUT2D eigenvalue weighted by Gasteiger charge is 2.31. The number of hydrogen-bond donors (Lipinski definition) is 1. The van der Waals surface area contributed by atoms with Gasteiger partial charge in [0.2, 0.25) is 0 Å². The van der Waals surface area contributed by atoms with E-state index in [-0.39, 0.29) is 5.60 Å². The quantitative estimate of drug-likeness (QED) is 0.710. The molecule has 2 nitrogen and oxygen atoms in total. The van der Waals surface area contributed by atoms with Crippen LogP contribution in [0.2, 0.25) is 0 Å². The van der Waals surface area contributed by atoms with Crippen LogP contribution in [0, 0.1) is 0 Å². The molecule has 0 saturated heterocycles. The molecule has 0 unspecified atom stereocenters. The Hall–Kier alpha value is -0.0800. The Labute approximate surface area is 82.0 Å². The fourth-order valence-electron chi connectivity index (χ4n) is 1.65. The van der Waals surface area contributed by atoms with Crippen LogP contribution in [0.15, 0.2) is 0 Å². The lowest BCUT2D eigenvalue weighted by Crippen LogP contribution is -2.49. The SMILES string of the molecule is COC(C)(C)CCNC1(C)CCC1. The standard InChI is InChI=1S/C11H23NO/c1-10(2,13-4)8-9-12-11(3)6-5-7-11/h12H,5-9H2,1-4H3. The summed E-state index contributed by atoms with van der Waals surface area (Å²) in [5.74, 6) is 0. The normalized spacial score (nSPS) is 21.2. The second-order valence-corrected chi connectivity index (χ2v) is 5.05. The molecule has 0 radical (unpaired) electrons. The van der Waals surface area contributed by atoms with E-state index in [4.69, 9.17) is 4.74 Å². The summed E-state index contributed by atoms with van der Waals surface area (Å²) < 4.78 is 5.36. The van der Waals surface area contributed by atoms with Crippen LogP contribution in [0.3, 0.4) is 0 Å². The Morgan fingerprint density at radius 3 is 2.38 bits per heavy atom. The van der Waals surface area contributed by atoms with Gasteiger partial charge in [-0.3, -0.25) is 0 Å². The second kappa shape index (κ2) is 3.97. The van der Waals surface area contributed by atoms with Crippen LogP contribution in [0.4, 0.5) is 0 Å². The number of ether oxygens (including phenoxy) is 1. The fourth-order valence-corrected chi connectivity index (χ4v) is 1.65. The van der Waals surface area contributed by atoms with Crippen LogP contribution < -0.4 is 5.32 Å². The zero-order valence-electron chi connectivity index (χ0n) is 9.44. The minimum absolute atomic E-state index is 0.0209. The highest BCUT2D eigenvalue weighted by molar-refractivity contribution is 4.91. The molecule has 1 aliphatic carbocycles. The van der Waals surface area contributed by atoms with Crippen LogP contribution in [0.25, 0.3) is 0 Å². The van der Waals surface area contributed by atoms with Gasteiger partial charge in [-0.25, -0.2) is 0 Å². The molecule has 0 heterocycles. The summed E-state index contributed by atoms with van der Waals surface area (Å²) in [6, 6.07) is 0. The Bertz CT molecular complexity index is 150. The molecule has 0 amide bonds. The summed E-state index contributed by atoms with van der Waals surface area (Å²) >= 11 is 0. The molecule has 0 aliphatic heterocycles. The monoisotopic (exact) mass is 185 g/mol. The van der Waals surface area contributed by atoms with Gasteiger partial charge >= 0.3 is 0 Å². The molecule has 1 aliphatic rings. The van der Waals surface area contributed by atoms with Gasteiger partial charge in [-0.1, -0.05) is 0 Å². The number of methoxy groups -OCH3 is 1. The second-order valence-electron chi connectivity index (χ2n) is 5.05. The maximum atomic E-state index is 5.36. The van der Waals surface area contributed by atoms with Crippen molar-refractivity contribution in [2.75, 3.05) is 13.7 Å². The van der Waals surface area contributed by atoms with E-state index in [1.165, 1.54) is 19.3 Å². The molecule has 1 N–H and O–H groups in total. The van der Waals surface area contributed by atoms with Crippen LogP contribution in [0.1, 0.15) is 46.5 Å². The Morgan fingerprint density at radius 1 is 1.38 bits per heavy atom. The minimum Gasteiger partial charge on any atom is -0.379 e. The molecule has 0 bridgehead atoms. The maximum absolute atomic E-state index is 5.36. The minimum atomic E-state index is 0.0209. The lowest BCUT2D eigenvalue weighted by Gasteiger charge is -2.40. The number of rotatable bonds is 5. The van der Waals surface area contributed by atoms with Crippen molar-refractivity contribution >= 4 is 0 Å². The van der Waals surface area contributed by atoms with Crippen LogP contribution >= 0.6 is 0 Å². The first-order valence-electron chi connectivity index (χ1n) is 5.28. The van der Waals surface area contributed by atoms with Crippen molar-refractivity contribution in [3.8, 4) is 0 Å². The van der Waals surface area contributed by atoms with Crippen molar-refractivity contribution < 1.29 is 4.74 Å². The van der Waals surface area contributed by atoms with Gasteiger partial charge < -0.3 is 10.1 Å². The first-order chi connectivity index (χ1) is 5.97. The lowest BCUT2D eigenvalue weighted by molar-refractivity contribution is 0.0130. The fraction of sp³-hybridized carbons (Fsp3) is 1.00. The highest BCUT2D eigenvalue weighted by Crippen LogP contribution is 2.30. The molecule has 0 atom stereocenters. The maximum Gasteiger partial charge on any atom is 0.0634 e. The van der Waals surface area contributed by atoms with Gasteiger partial charge in [-0.15, -0.1) is 0 Å². The number of nitrogens with one attached hydrogen (secondary N) is 1. The van der Waals surface area contributed by atoms with Crippen molar-refractivity contribution in [3.63, 3.8) is 0 Å². The van der Waals surface area contributed by atoms with Crippen molar-refractivity contribution in [2.24, 2.45) is 0 Å². The van der Waals surface area contributed by atoms with E-state index in [1.54, 1.807) is 7.11 Å². The summed E-state index contributed by atoms with van der Waals surface area (Å²) in [5, 5.41) is 3.61. The molecule has 2 heteroatoms. The van der Waals surface area contributed by atoms with Gasteiger partial charge in [0.25, 0.3) is 0 Å². The summed E-state index contributed by atoms with van der Waals surface area (Å²) in [6.45, 7) is 7.66. The predicted molar refractivity (Wildman–Crippen MR) is 56.0 cm³/mol. The van der Waals surface area contributed by atoms with Crippen LogP contribution in [0.5, 0.6) is 0 Å². The van der Waals surface area contributed by atoms with Gasteiger partial charge in [-0.05, 0) is 53.0 Å². The first-order valence-corrected chi connectivity index (χ1v) is 5.28. The van der Waals surface area contributed by atoms with Crippen molar-refractivity contribution in [1.82, 2.24) is 5.32 Å². The Balaban J connectivity index is 2.13. The third kappa shape index (κ3) is 3.28. The average molecular weight is 185 g/mol. The van der Waals surface area contributed by atoms with Crippen molar-refractivity contribution in [2.45, 2.75) is 57.6 Å². The van der Waals surface area contributed by atoms with E-state index < -0.39 is 0 Å². The summed E-state index contributed by atoms with van der Waals surface area (Å²) in [7, 11) is 1.78. The number of hydrogen-bond acceptors (Lipinski definition) is 2. The van der Waals surface area contributed by atoms with Crippen molar-refractivity contribution in [3.05, 3.63) is 0 Å². The van der Waals surface area contributed by atoms with E-state index in [2.05, 4.69) is 26.1 Å². The molecule has 0 aromatic heterocycles. The van der Waals surface area contributed by atoms with Gasteiger partial charge in [0.15, 0.2) is 0 Å². The summed E-state index contributed by atoms with van der Waals surface area (Å²) in [4.78, 5) is 0. The predicted octanol–water partition coefficient (Wildman–Crippen LogP) is 2.33. The molecule has 1 fully saturated rings. The topological polar surface area (TPSA) is 21.3 Å². The van der Waals surface area contributed by atoms with E-state index in [9.17, 15) is 0 Å². The largest absolute Gasteiger partial charge is 0.379 e. The average Bonchev–Trinajstić information content (AvgIpc) is 2.01. The molecule has 1 saturated carbocycles. The summed E-state index contributed by atoms with van der Waals surface area (Å²) in [5.41, 5.74) is 0.455. The van der Waals surface area contributed by atoms with E-state index in [0.29, 0.717) is 5.54 Å². The zero-order chi connectivity index (χ0) is 9.95. The third-order valence-electron chi connectivity index (χ3n) is 3.29. The van der Waals surface area contributed by atoms with E-state index in [0.717, 1.165) is 13.0 Å². The first kappa shape index (κ1) is 11.0. The van der Waals surface area contributed by atoms with E-state index >= 15 is 0 Å². The Morgan fingerprint density at radius 2 is 2.00 bits per heavy atom. The zero-order valence-corrected chi connectivity index (χ0v) is 9.44. The lowest BCUT2D eigenvalue weighted by atomic mass is 9.78. The Kier molecular flexibility index (Phi) is 3.36.